The van der Waals surface area contributed by atoms with Gasteiger partial charge >= 0.3 is 0 Å². The predicted molar refractivity (Wildman–Crippen MR) is 96.5 cm³/mol. The molecule has 25 heavy (non-hydrogen) atoms. The van der Waals surface area contributed by atoms with Crippen LogP contribution in [0.4, 0.5) is 5.82 Å². The van der Waals surface area contributed by atoms with Crippen LogP contribution in [0.2, 0.25) is 0 Å². The summed E-state index contributed by atoms with van der Waals surface area (Å²) in [6.45, 7) is 1.19. The molecule has 0 spiro atoms. The Morgan fingerprint density at radius 1 is 1.24 bits per heavy atom. The Kier molecular flexibility index (Phi) is 4.14. The number of aryl methyl sites for hydroxylation is 1. The topological polar surface area (TPSA) is 84.4 Å². The molecule has 7 nitrogen and oxygen atoms in total. The van der Waals surface area contributed by atoms with Gasteiger partial charge < -0.3 is 9.88 Å². The molecule has 0 amide bonds. The fraction of sp³-hybridized carbons (Fsp3) is 0.176. The molecule has 0 saturated carbocycles. The van der Waals surface area contributed by atoms with E-state index in [4.69, 9.17) is 5.26 Å². The van der Waals surface area contributed by atoms with Gasteiger partial charge in [-0.15, -0.1) is 11.3 Å². The molecule has 0 unspecified atom stereocenters. The van der Waals surface area contributed by atoms with Crippen LogP contribution in [0.25, 0.3) is 16.0 Å². The number of nitrogens with one attached hydrogen (secondary N) is 1. The zero-order valence-electron chi connectivity index (χ0n) is 13.3. The van der Waals surface area contributed by atoms with Gasteiger partial charge in [-0.3, -0.25) is 0 Å². The van der Waals surface area contributed by atoms with Crippen LogP contribution in [0.5, 0.6) is 0 Å². The molecule has 0 aliphatic carbocycles. The maximum absolute atomic E-state index is 8.75. The van der Waals surface area contributed by atoms with Crippen LogP contribution in [0.1, 0.15) is 12.0 Å². The smallest absolute Gasteiger partial charge is 0.163 e. The minimum atomic E-state index is 0.401. The summed E-state index contributed by atoms with van der Waals surface area (Å²) in [5, 5.41) is 20.6. The van der Waals surface area contributed by atoms with Crippen molar-refractivity contribution in [3.8, 4) is 11.1 Å². The summed E-state index contributed by atoms with van der Waals surface area (Å²) >= 11 is 1.70. The summed E-state index contributed by atoms with van der Waals surface area (Å²) in [4.78, 5) is 8.64. The lowest BCUT2D eigenvalue weighted by Gasteiger charge is -2.08. The highest BCUT2D eigenvalue weighted by Gasteiger charge is 2.11. The maximum atomic E-state index is 8.75. The maximum Gasteiger partial charge on any atom is 0.163 e. The summed E-state index contributed by atoms with van der Waals surface area (Å²) in [5.41, 5.74) is 1.94. The normalized spacial score (nSPS) is 10.8. The number of nitriles is 1. The van der Waals surface area contributed by atoms with Crippen LogP contribution in [-0.2, 0) is 13.1 Å². The van der Waals surface area contributed by atoms with Crippen molar-refractivity contribution in [2.75, 3.05) is 5.32 Å². The minimum absolute atomic E-state index is 0.401. The number of hydrogen-bond donors (Lipinski definition) is 1. The SMILES string of the molecule is N#CCCn1ncc2c(NCc3ccsc3-n3cccc3)ncnc21. The van der Waals surface area contributed by atoms with Crippen LogP contribution >= 0.6 is 11.3 Å². The Balaban J connectivity index is 1.57. The molecule has 8 heteroatoms. The van der Waals surface area contributed by atoms with Gasteiger partial charge in [0.05, 0.1) is 30.6 Å². The minimum Gasteiger partial charge on any atom is -0.365 e. The number of fused-ring (bicyclic) bond motifs is 1. The second-order valence-corrected chi connectivity index (χ2v) is 6.32. The van der Waals surface area contributed by atoms with Crippen molar-refractivity contribution in [2.24, 2.45) is 0 Å². The summed E-state index contributed by atoms with van der Waals surface area (Å²) in [6, 6.07) is 8.27. The van der Waals surface area contributed by atoms with Gasteiger partial charge in [0.2, 0.25) is 0 Å². The third kappa shape index (κ3) is 2.97. The van der Waals surface area contributed by atoms with Gasteiger partial charge in [-0.25, -0.2) is 14.6 Å². The first-order chi connectivity index (χ1) is 12.4. The number of nitrogens with zero attached hydrogens (tertiary/aromatic N) is 6. The molecule has 0 aliphatic rings. The summed E-state index contributed by atoms with van der Waals surface area (Å²) in [7, 11) is 0. The number of thiophene rings is 1. The quantitative estimate of drug-likeness (QED) is 0.578. The van der Waals surface area contributed by atoms with Crippen LogP contribution < -0.4 is 5.32 Å². The van der Waals surface area contributed by atoms with Crippen molar-refractivity contribution in [1.29, 1.82) is 5.26 Å². The second-order valence-electron chi connectivity index (χ2n) is 5.43. The third-order valence-electron chi connectivity index (χ3n) is 3.88. The predicted octanol–water partition coefficient (Wildman–Crippen LogP) is 3.20. The highest BCUT2D eigenvalue weighted by molar-refractivity contribution is 7.12. The molecule has 1 N–H and O–H groups in total. The van der Waals surface area contributed by atoms with Gasteiger partial charge in [0.25, 0.3) is 0 Å². The molecule has 0 fully saturated rings. The number of aromatic nitrogens is 5. The van der Waals surface area contributed by atoms with E-state index in [9.17, 15) is 0 Å². The standard InChI is InChI=1S/C17H15N7S/c18-5-3-8-24-16-14(11-22-24)15(20-12-21-16)19-10-13-4-9-25-17(13)23-6-1-2-7-23/h1-2,4,6-7,9,11-12H,3,8,10H2,(H,19,20,21). The van der Waals surface area contributed by atoms with E-state index in [0.717, 1.165) is 16.9 Å². The fourth-order valence-electron chi connectivity index (χ4n) is 2.69. The molecule has 4 aromatic heterocycles. The largest absolute Gasteiger partial charge is 0.365 e. The molecule has 4 rings (SSSR count). The van der Waals surface area contributed by atoms with Crippen molar-refractivity contribution in [2.45, 2.75) is 19.5 Å². The lowest BCUT2D eigenvalue weighted by Crippen LogP contribution is -2.05. The van der Waals surface area contributed by atoms with Crippen molar-refractivity contribution >= 4 is 28.2 Å². The highest BCUT2D eigenvalue weighted by atomic mass is 32.1. The summed E-state index contributed by atoms with van der Waals surface area (Å²) < 4.78 is 3.85. The first-order valence-corrected chi connectivity index (χ1v) is 8.72. The van der Waals surface area contributed by atoms with E-state index in [0.29, 0.717) is 19.5 Å². The average molecular weight is 349 g/mol. The zero-order chi connectivity index (χ0) is 17.1. The van der Waals surface area contributed by atoms with Gasteiger partial charge in [-0.1, -0.05) is 0 Å². The monoisotopic (exact) mass is 349 g/mol. The number of anilines is 1. The van der Waals surface area contributed by atoms with Gasteiger partial charge in [-0.2, -0.15) is 10.4 Å². The van der Waals surface area contributed by atoms with E-state index in [1.54, 1.807) is 22.2 Å². The van der Waals surface area contributed by atoms with Crippen molar-refractivity contribution in [1.82, 2.24) is 24.3 Å². The molecule has 0 radical (unpaired) electrons. The van der Waals surface area contributed by atoms with Crippen LogP contribution in [0.3, 0.4) is 0 Å². The molecular weight excluding hydrogens is 334 g/mol. The van der Waals surface area contributed by atoms with E-state index in [1.807, 2.05) is 24.5 Å². The summed E-state index contributed by atoms with van der Waals surface area (Å²) in [5.74, 6) is 0.748. The van der Waals surface area contributed by atoms with Crippen LogP contribution in [-0.4, -0.2) is 24.3 Å². The lowest BCUT2D eigenvalue weighted by atomic mass is 10.3. The Labute approximate surface area is 148 Å². The van der Waals surface area contributed by atoms with Crippen molar-refractivity contribution < 1.29 is 0 Å². The van der Waals surface area contributed by atoms with Gasteiger partial charge in [0, 0.05) is 24.5 Å². The van der Waals surface area contributed by atoms with E-state index in [2.05, 4.69) is 42.5 Å². The van der Waals surface area contributed by atoms with Gasteiger partial charge in [0.1, 0.15) is 17.1 Å². The van der Waals surface area contributed by atoms with Gasteiger partial charge in [0.15, 0.2) is 5.65 Å². The van der Waals surface area contributed by atoms with Crippen molar-refractivity contribution in [3.05, 3.63) is 54.1 Å². The molecule has 0 aromatic carbocycles. The second kappa shape index (κ2) is 6.75. The fourth-order valence-corrected chi connectivity index (χ4v) is 3.59. The van der Waals surface area contributed by atoms with E-state index < -0.39 is 0 Å². The molecule has 0 saturated heterocycles. The Morgan fingerprint density at radius 3 is 2.96 bits per heavy atom. The molecular formula is C17H15N7S. The molecule has 0 aliphatic heterocycles. The average Bonchev–Trinajstić information content (AvgIpc) is 3.37. The lowest BCUT2D eigenvalue weighted by molar-refractivity contribution is 0.643. The Hall–Kier alpha value is -3.18. The zero-order valence-corrected chi connectivity index (χ0v) is 14.1. The van der Waals surface area contributed by atoms with E-state index in [-0.39, 0.29) is 0 Å². The van der Waals surface area contributed by atoms with Crippen LogP contribution in [0.15, 0.2) is 48.5 Å². The Morgan fingerprint density at radius 2 is 2.12 bits per heavy atom. The molecule has 4 aromatic rings. The number of hydrogen-bond acceptors (Lipinski definition) is 6. The first kappa shape index (κ1) is 15.4. The molecule has 0 atom stereocenters. The van der Waals surface area contributed by atoms with E-state index >= 15 is 0 Å². The molecule has 124 valence electrons. The van der Waals surface area contributed by atoms with Crippen LogP contribution in [0, 0.1) is 11.3 Å². The Bertz CT molecular complexity index is 1020. The first-order valence-electron chi connectivity index (χ1n) is 7.84. The van der Waals surface area contributed by atoms with E-state index in [1.165, 1.54) is 16.9 Å². The van der Waals surface area contributed by atoms with Gasteiger partial charge in [-0.05, 0) is 23.6 Å². The summed E-state index contributed by atoms with van der Waals surface area (Å²) in [6.07, 6.45) is 7.75. The third-order valence-corrected chi connectivity index (χ3v) is 4.85. The molecule has 0 bridgehead atoms. The molecule has 4 heterocycles. The number of rotatable bonds is 6. The van der Waals surface area contributed by atoms with Crippen molar-refractivity contribution in [3.63, 3.8) is 0 Å². The highest BCUT2D eigenvalue weighted by Crippen LogP contribution is 2.24.